The average molecular weight is 388 g/mol. The minimum atomic E-state index is -1.51. The van der Waals surface area contributed by atoms with Gasteiger partial charge in [0.1, 0.15) is 17.8 Å². The minimum absolute atomic E-state index is 0.106. The van der Waals surface area contributed by atoms with Gasteiger partial charge in [-0.3, -0.25) is 5.10 Å². The Bertz CT molecular complexity index is 947. The molecule has 1 aromatic heterocycles. The lowest BCUT2D eigenvalue weighted by molar-refractivity contribution is 0.0984. The highest BCUT2D eigenvalue weighted by Gasteiger charge is 2.31. The summed E-state index contributed by atoms with van der Waals surface area (Å²) < 4.78 is 5.76. The normalized spacial score (nSPS) is 12.8. The third-order valence-corrected chi connectivity index (χ3v) is 4.21. The Hall–Kier alpha value is -2.52. The van der Waals surface area contributed by atoms with Crippen molar-refractivity contribution < 1.29 is 9.84 Å². The zero-order chi connectivity index (χ0) is 18.6. The third-order valence-electron chi connectivity index (χ3n) is 3.65. The van der Waals surface area contributed by atoms with E-state index in [1.165, 1.54) is 6.33 Å². The van der Waals surface area contributed by atoms with Crippen LogP contribution < -0.4 is 4.74 Å². The lowest BCUT2D eigenvalue weighted by Gasteiger charge is -2.23. The zero-order valence-electron chi connectivity index (χ0n) is 13.8. The third kappa shape index (κ3) is 4.17. The number of halogens is 2. The highest BCUT2D eigenvalue weighted by atomic mass is 35.5. The Labute approximate surface area is 161 Å². The van der Waals surface area contributed by atoms with E-state index in [0.717, 1.165) is 0 Å². The second kappa shape index (κ2) is 7.79. The monoisotopic (exact) mass is 387 g/mol. The molecule has 0 amide bonds. The van der Waals surface area contributed by atoms with E-state index in [-0.39, 0.29) is 6.42 Å². The van der Waals surface area contributed by atoms with Crippen LogP contribution in [-0.2, 0) is 12.0 Å². The van der Waals surface area contributed by atoms with Gasteiger partial charge < -0.3 is 9.84 Å². The molecule has 1 unspecified atom stereocenters. The molecular weight excluding hydrogens is 373 g/mol. The van der Waals surface area contributed by atoms with E-state index in [1.807, 2.05) is 0 Å². The van der Waals surface area contributed by atoms with E-state index >= 15 is 0 Å². The molecule has 3 rings (SSSR count). The van der Waals surface area contributed by atoms with Crippen LogP contribution in [0.2, 0.25) is 10.0 Å². The summed E-state index contributed by atoms with van der Waals surface area (Å²) in [5, 5.41) is 18.6. The van der Waals surface area contributed by atoms with Crippen molar-refractivity contribution in [2.75, 3.05) is 0 Å². The number of hydrogen-bond donors (Lipinski definition) is 2. The van der Waals surface area contributed by atoms with Crippen molar-refractivity contribution in [1.29, 1.82) is 0 Å². The zero-order valence-corrected chi connectivity index (χ0v) is 15.3. The van der Waals surface area contributed by atoms with Crippen LogP contribution in [-0.4, -0.2) is 20.3 Å². The van der Waals surface area contributed by atoms with Gasteiger partial charge in [0.2, 0.25) is 0 Å². The number of rotatable bonds is 5. The number of nitrogens with zero attached hydrogens (tertiary/aromatic N) is 2. The lowest BCUT2D eigenvalue weighted by Crippen LogP contribution is -2.27. The van der Waals surface area contributed by atoms with Crippen LogP contribution in [0.3, 0.4) is 0 Å². The standard InChI is InChI=1S/C19H15Cl2N3O2/c1-2-9-19(25,11-18-22-12-23-24-18)16-8-7-15(10-17(16)21)26-14-5-3-13(20)4-6-14/h3-8,10,12,25H,11H2,1H3,(H,22,23,24). The molecule has 0 aliphatic carbocycles. The summed E-state index contributed by atoms with van der Waals surface area (Å²) in [5.74, 6) is 7.14. The van der Waals surface area contributed by atoms with Crippen molar-refractivity contribution in [3.05, 3.63) is 70.2 Å². The number of aromatic nitrogens is 3. The molecule has 132 valence electrons. The quantitative estimate of drug-likeness (QED) is 0.638. The number of ether oxygens (including phenoxy) is 1. The number of nitrogens with one attached hydrogen (secondary N) is 1. The van der Waals surface area contributed by atoms with E-state index in [9.17, 15) is 5.11 Å². The first-order valence-corrected chi connectivity index (χ1v) is 8.50. The van der Waals surface area contributed by atoms with Crippen LogP contribution in [0.15, 0.2) is 48.8 Å². The molecule has 2 aromatic carbocycles. The largest absolute Gasteiger partial charge is 0.457 e. The van der Waals surface area contributed by atoms with Crippen LogP contribution in [0.5, 0.6) is 11.5 Å². The SMILES string of the molecule is CC#CC(O)(Cc1nc[nH]n1)c1ccc(Oc2ccc(Cl)cc2)cc1Cl. The molecule has 0 bridgehead atoms. The van der Waals surface area contributed by atoms with E-state index in [0.29, 0.717) is 32.9 Å². The van der Waals surface area contributed by atoms with Crippen molar-refractivity contribution >= 4 is 23.2 Å². The molecule has 0 spiro atoms. The second-order valence-electron chi connectivity index (χ2n) is 5.53. The maximum absolute atomic E-state index is 11.0. The summed E-state index contributed by atoms with van der Waals surface area (Å²) in [6.45, 7) is 1.65. The van der Waals surface area contributed by atoms with Crippen molar-refractivity contribution in [3.63, 3.8) is 0 Å². The number of aromatic amines is 1. The Morgan fingerprint density at radius 1 is 1.15 bits per heavy atom. The summed E-state index contributed by atoms with van der Waals surface area (Å²) in [6.07, 6.45) is 1.55. The molecule has 0 aliphatic heterocycles. The van der Waals surface area contributed by atoms with Gasteiger partial charge in [0.05, 0.1) is 11.4 Å². The van der Waals surface area contributed by atoms with Gasteiger partial charge in [0, 0.05) is 10.6 Å². The molecule has 26 heavy (non-hydrogen) atoms. The van der Waals surface area contributed by atoms with Crippen LogP contribution in [0.1, 0.15) is 18.3 Å². The molecular formula is C19H15Cl2N3O2. The average Bonchev–Trinajstić information content (AvgIpc) is 3.10. The molecule has 3 aromatic rings. The fourth-order valence-corrected chi connectivity index (χ4v) is 2.95. The summed E-state index contributed by atoms with van der Waals surface area (Å²) in [6, 6.07) is 12.0. The number of aliphatic hydroxyl groups is 1. The minimum Gasteiger partial charge on any atom is -0.457 e. The fraction of sp³-hybridized carbons (Fsp3) is 0.158. The van der Waals surface area contributed by atoms with Crippen molar-refractivity contribution in [1.82, 2.24) is 15.2 Å². The maximum Gasteiger partial charge on any atom is 0.159 e. The molecule has 0 fully saturated rings. The number of hydrogen-bond acceptors (Lipinski definition) is 4. The predicted octanol–water partition coefficient (Wildman–Crippen LogP) is 4.36. The highest BCUT2D eigenvalue weighted by Crippen LogP contribution is 2.34. The summed E-state index contributed by atoms with van der Waals surface area (Å²) in [4.78, 5) is 4.05. The van der Waals surface area contributed by atoms with Gasteiger partial charge in [-0.25, -0.2) is 4.98 Å². The second-order valence-corrected chi connectivity index (χ2v) is 6.37. The molecule has 0 aliphatic rings. The van der Waals surface area contributed by atoms with Gasteiger partial charge in [-0.2, -0.15) is 5.10 Å². The van der Waals surface area contributed by atoms with E-state index in [2.05, 4.69) is 27.0 Å². The lowest BCUT2D eigenvalue weighted by atomic mass is 9.90. The molecule has 1 heterocycles. The number of H-pyrrole nitrogens is 1. The van der Waals surface area contributed by atoms with Gasteiger partial charge in [0.25, 0.3) is 0 Å². The molecule has 2 N–H and O–H groups in total. The Morgan fingerprint density at radius 3 is 2.50 bits per heavy atom. The first-order chi connectivity index (χ1) is 12.5. The van der Waals surface area contributed by atoms with Gasteiger partial charge in [-0.1, -0.05) is 29.1 Å². The summed E-state index contributed by atoms with van der Waals surface area (Å²) >= 11 is 12.3. The van der Waals surface area contributed by atoms with Gasteiger partial charge in [0.15, 0.2) is 11.4 Å². The van der Waals surface area contributed by atoms with Crippen molar-refractivity contribution in [2.24, 2.45) is 0 Å². The fourth-order valence-electron chi connectivity index (χ4n) is 2.50. The Kier molecular flexibility index (Phi) is 5.48. The Morgan fingerprint density at radius 2 is 1.88 bits per heavy atom. The van der Waals surface area contributed by atoms with Gasteiger partial charge in [-0.05, 0) is 49.4 Å². The molecule has 0 saturated carbocycles. The van der Waals surface area contributed by atoms with Crippen LogP contribution >= 0.6 is 23.2 Å². The summed E-state index contributed by atoms with van der Waals surface area (Å²) in [5.41, 5.74) is -1.05. The molecule has 0 radical (unpaired) electrons. The first kappa shape index (κ1) is 18.3. The summed E-state index contributed by atoms with van der Waals surface area (Å²) in [7, 11) is 0. The van der Waals surface area contributed by atoms with E-state index in [4.69, 9.17) is 27.9 Å². The molecule has 7 heteroatoms. The molecule has 0 saturated heterocycles. The topological polar surface area (TPSA) is 71.0 Å². The van der Waals surface area contributed by atoms with Crippen LogP contribution in [0, 0.1) is 11.8 Å². The smallest absolute Gasteiger partial charge is 0.159 e. The number of benzene rings is 2. The predicted molar refractivity (Wildman–Crippen MR) is 100 cm³/mol. The van der Waals surface area contributed by atoms with Crippen LogP contribution in [0.25, 0.3) is 0 Å². The van der Waals surface area contributed by atoms with Gasteiger partial charge in [-0.15, -0.1) is 5.92 Å². The van der Waals surface area contributed by atoms with Gasteiger partial charge >= 0.3 is 0 Å². The van der Waals surface area contributed by atoms with Crippen molar-refractivity contribution in [3.8, 4) is 23.3 Å². The first-order valence-electron chi connectivity index (χ1n) is 7.74. The molecule has 5 nitrogen and oxygen atoms in total. The van der Waals surface area contributed by atoms with Crippen molar-refractivity contribution in [2.45, 2.75) is 18.9 Å². The highest BCUT2D eigenvalue weighted by molar-refractivity contribution is 6.31. The van der Waals surface area contributed by atoms with E-state index < -0.39 is 5.60 Å². The van der Waals surface area contributed by atoms with Crippen LogP contribution in [0.4, 0.5) is 0 Å². The molecule has 1 atom stereocenters. The maximum atomic E-state index is 11.0. The Balaban J connectivity index is 1.88. The van der Waals surface area contributed by atoms with E-state index in [1.54, 1.807) is 49.4 Å².